The molecule has 1 N–H and O–H groups in total. The third kappa shape index (κ3) is 18.8. The molecule has 25 heavy (non-hydrogen) atoms. The van der Waals surface area contributed by atoms with Gasteiger partial charge in [-0.05, 0) is 32.6 Å². The monoisotopic (exact) mass is 350 g/mol. The number of aliphatic hydroxyl groups excluding tert-OH is 1. The number of allylic oxidation sites excluding steroid dienone is 5. The number of hydrogen-bond acceptors (Lipinski definition) is 3. The topological polar surface area (TPSA) is 46.5 Å². The van der Waals surface area contributed by atoms with Crippen molar-refractivity contribution in [3.05, 3.63) is 36.5 Å². The van der Waals surface area contributed by atoms with Crippen LogP contribution in [0.15, 0.2) is 36.5 Å². The first kappa shape index (κ1) is 23.6. The average molecular weight is 351 g/mol. The summed E-state index contributed by atoms with van der Waals surface area (Å²) in [5.74, 6) is -0.310. The molecule has 1 unspecified atom stereocenters. The highest BCUT2D eigenvalue weighted by molar-refractivity contribution is 5.82. The molecule has 0 saturated heterocycles. The lowest BCUT2D eigenvalue weighted by Gasteiger charge is -2.09. The number of ether oxygens (including phenoxy) is 1. The molecule has 0 heterocycles. The van der Waals surface area contributed by atoms with E-state index in [0.29, 0.717) is 6.61 Å². The minimum atomic E-state index is -0.310. The number of esters is 1. The van der Waals surface area contributed by atoms with Gasteiger partial charge in [0.05, 0.1) is 12.7 Å². The van der Waals surface area contributed by atoms with Gasteiger partial charge in [0.1, 0.15) is 0 Å². The van der Waals surface area contributed by atoms with E-state index in [1.807, 2.05) is 18.2 Å². The average Bonchev–Trinajstić information content (AvgIpc) is 2.59. The molecule has 0 aliphatic rings. The van der Waals surface area contributed by atoms with Crippen molar-refractivity contribution >= 4 is 5.97 Å². The first-order chi connectivity index (χ1) is 12.2. The Bertz CT molecular complexity index is 383. The lowest BCUT2D eigenvalue weighted by molar-refractivity contribution is -0.137. The van der Waals surface area contributed by atoms with Gasteiger partial charge < -0.3 is 9.84 Å². The molecule has 0 amide bonds. The van der Waals surface area contributed by atoms with Gasteiger partial charge in [-0.1, -0.05) is 82.2 Å². The fourth-order valence-electron chi connectivity index (χ4n) is 2.57. The van der Waals surface area contributed by atoms with E-state index in [1.165, 1.54) is 38.2 Å². The summed E-state index contributed by atoms with van der Waals surface area (Å²) in [6.45, 7) is 4.43. The molecule has 0 rings (SSSR count). The number of carbonyl (C=O) groups is 1. The largest absolute Gasteiger partial charge is 0.463 e. The van der Waals surface area contributed by atoms with Crippen LogP contribution in [0.2, 0.25) is 0 Å². The summed E-state index contributed by atoms with van der Waals surface area (Å²) in [6.07, 6.45) is 23.6. The molecule has 0 aromatic carbocycles. The van der Waals surface area contributed by atoms with E-state index in [2.05, 4.69) is 13.0 Å². The van der Waals surface area contributed by atoms with Crippen molar-refractivity contribution < 1.29 is 14.6 Å². The van der Waals surface area contributed by atoms with Crippen LogP contribution < -0.4 is 0 Å². The molecule has 3 heteroatoms. The van der Waals surface area contributed by atoms with Gasteiger partial charge in [-0.2, -0.15) is 0 Å². The maximum absolute atomic E-state index is 11.0. The highest BCUT2D eigenvalue weighted by Gasteiger charge is 2.03. The summed E-state index contributed by atoms with van der Waals surface area (Å²) in [6, 6.07) is 0. The van der Waals surface area contributed by atoms with E-state index in [9.17, 15) is 9.90 Å². The quantitative estimate of drug-likeness (QED) is 0.163. The van der Waals surface area contributed by atoms with Crippen LogP contribution in [0, 0.1) is 0 Å². The Morgan fingerprint density at radius 3 is 2.24 bits per heavy atom. The van der Waals surface area contributed by atoms with Gasteiger partial charge in [-0.3, -0.25) is 0 Å². The van der Waals surface area contributed by atoms with Crippen LogP contribution >= 0.6 is 0 Å². The van der Waals surface area contributed by atoms with Crippen LogP contribution in [0.1, 0.15) is 84.5 Å². The lowest BCUT2D eigenvalue weighted by Crippen LogP contribution is -2.05. The zero-order valence-corrected chi connectivity index (χ0v) is 16.3. The number of rotatable bonds is 16. The smallest absolute Gasteiger partial charge is 0.330 e. The van der Waals surface area contributed by atoms with Gasteiger partial charge >= 0.3 is 5.97 Å². The fraction of sp³-hybridized carbons (Fsp3) is 0.682. The standard InChI is InChI=1S/C22H38O3/c1-3-5-6-7-12-15-18-21(23)19-16-13-10-8-9-11-14-17-20-22(24)25-4-2/h8-9,11,14,17,20-21,23H,3-7,10,12-13,15-16,18-19H2,1-2H3. The normalized spacial score (nSPS) is 13.2. The third-order valence-electron chi connectivity index (χ3n) is 4.04. The molecule has 144 valence electrons. The van der Waals surface area contributed by atoms with E-state index >= 15 is 0 Å². The predicted molar refractivity (Wildman–Crippen MR) is 107 cm³/mol. The highest BCUT2D eigenvalue weighted by atomic mass is 16.5. The van der Waals surface area contributed by atoms with Gasteiger partial charge in [0.2, 0.25) is 0 Å². The zero-order valence-electron chi connectivity index (χ0n) is 16.3. The Labute approximate surface area is 154 Å². The van der Waals surface area contributed by atoms with Crippen molar-refractivity contribution in [3.8, 4) is 0 Å². The van der Waals surface area contributed by atoms with Crippen molar-refractivity contribution in [2.75, 3.05) is 6.61 Å². The second-order valence-electron chi connectivity index (χ2n) is 6.42. The van der Waals surface area contributed by atoms with Gasteiger partial charge in [0, 0.05) is 6.08 Å². The van der Waals surface area contributed by atoms with Gasteiger partial charge in [-0.15, -0.1) is 0 Å². The molecule has 0 fully saturated rings. The van der Waals surface area contributed by atoms with Crippen LogP contribution in [0.5, 0.6) is 0 Å². The summed E-state index contributed by atoms with van der Waals surface area (Å²) < 4.78 is 4.78. The van der Waals surface area contributed by atoms with E-state index in [0.717, 1.165) is 38.5 Å². The Morgan fingerprint density at radius 2 is 1.52 bits per heavy atom. The first-order valence-electron chi connectivity index (χ1n) is 10.0. The summed E-state index contributed by atoms with van der Waals surface area (Å²) in [4.78, 5) is 11.0. The molecule has 0 radical (unpaired) electrons. The van der Waals surface area contributed by atoms with Crippen molar-refractivity contribution in [1.29, 1.82) is 0 Å². The summed E-state index contributed by atoms with van der Waals surface area (Å²) in [5, 5.41) is 9.96. The van der Waals surface area contributed by atoms with Gasteiger partial charge in [-0.25, -0.2) is 4.79 Å². The molecule has 0 aliphatic heterocycles. The first-order valence-corrected chi connectivity index (χ1v) is 10.0. The molecule has 3 nitrogen and oxygen atoms in total. The van der Waals surface area contributed by atoms with E-state index in [4.69, 9.17) is 4.74 Å². The van der Waals surface area contributed by atoms with Crippen molar-refractivity contribution in [3.63, 3.8) is 0 Å². The Balaban J connectivity index is 3.48. The van der Waals surface area contributed by atoms with Crippen LogP contribution in [0.4, 0.5) is 0 Å². The highest BCUT2D eigenvalue weighted by Crippen LogP contribution is 2.12. The molecule has 1 atom stereocenters. The molecule has 0 spiro atoms. The maximum Gasteiger partial charge on any atom is 0.330 e. The van der Waals surface area contributed by atoms with Gasteiger partial charge in [0.15, 0.2) is 0 Å². The van der Waals surface area contributed by atoms with Crippen molar-refractivity contribution in [2.45, 2.75) is 90.6 Å². The van der Waals surface area contributed by atoms with Crippen molar-refractivity contribution in [1.82, 2.24) is 0 Å². The minimum absolute atomic E-state index is 0.122. The maximum atomic E-state index is 11.0. The fourth-order valence-corrected chi connectivity index (χ4v) is 2.57. The van der Waals surface area contributed by atoms with Gasteiger partial charge in [0.25, 0.3) is 0 Å². The summed E-state index contributed by atoms with van der Waals surface area (Å²) in [5.41, 5.74) is 0. The molecule has 0 bridgehead atoms. The zero-order chi connectivity index (χ0) is 18.6. The molecule has 0 aliphatic carbocycles. The number of unbranched alkanes of at least 4 members (excludes halogenated alkanes) is 7. The number of carbonyl (C=O) groups excluding carboxylic acids is 1. The lowest BCUT2D eigenvalue weighted by atomic mass is 10.0. The Morgan fingerprint density at radius 1 is 0.880 bits per heavy atom. The third-order valence-corrected chi connectivity index (χ3v) is 4.04. The summed E-state index contributed by atoms with van der Waals surface area (Å²) in [7, 11) is 0. The second-order valence-corrected chi connectivity index (χ2v) is 6.42. The number of aliphatic hydroxyl groups is 1. The molecular weight excluding hydrogens is 312 g/mol. The van der Waals surface area contributed by atoms with E-state index in [-0.39, 0.29) is 12.1 Å². The summed E-state index contributed by atoms with van der Waals surface area (Å²) >= 11 is 0. The molecule has 0 aromatic heterocycles. The SMILES string of the molecule is CCCCCCCCC(O)CCCCC=CC=CC=CC(=O)OCC. The van der Waals surface area contributed by atoms with Crippen LogP contribution in [0.3, 0.4) is 0 Å². The van der Waals surface area contributed by atoms with Crippen LogP contribution in [0.25, 0.3) is 0 Å². The van der Waals surface area contributed by atoms with E-state index < -0.39 is 0 Å². The van der Waals surface area contributed by atoms with Crippen molar-refractivity contribution in [2.24, 2.45) is 0 Å². The minimum Gasteiger partial charge on any atom is -0.463 e. The number of hydrogen-bond donors (Lipinski definition) is 1. The molecule has 0 saturated carbocycles. The Kier molecular flexibility index (Phi) is 18.0. The second kappa shape index (κ2) is 19.0. The molecular formula is C22H38O3. The van der Waals surface area contributed by atoms with Crippen LogP contribution in [-0.2, 0) is 9.53 Å². The van der Waals surface area contributed by atoms with E-state index in [1.54, 1.807) is 13.0 Å². The Hall–Kier alpha value is -1.35. The van der Waals surface area contributed by atoms with Crippen LogP contribution in [-0.4, -0.2) is 23.8 Å². The molecule has 0 aromatic rings. The predicted octanol–water partition coefficient (Wildman–Crippen LogP) is 5.89.